The Labute approximate surface area is 152 Å². The highest BCUT2D eigenvalue weighted by molar-refractivity contribution is 6.30. The molecule has 0 spiro atoms. The number of halogens is 1. The van der Waals surface area contributed by atoms with E-state index in [0.29, 0.717) is 10.6 Å². The molecule has 0 aliphatic carbocycles. The van der Waals surface area contributed by atoms with E-state index in [2.05, 4.69) is 19.3 Å². The first-order valence-electron chi connectivity index (χ1n) is 8.19. The van der Waals surface area contributed by atoms with Crippen LogP contribution in [0.4, 0.5) is 0 Å². The molecule has 0 aliphatic heterocycles. The van der Waals surface area contributed by atoms with E-state index in [0.717, 1.165) is 22.8 Å². The quantitative estimate of drug-likeness (QED) is 0.715. The molecule has 4 nitrogen and oxygen atoms in total. The Morgan fingerprint density at radius 2 is 1.72 bits per heavy atom. The predicted molar refractivity (Wildman–Crippen MR) is 102 cm³/mol. The fourth-order valence-corrected chi connectivity index (χ4v) is 3.01. The van der Waals surface area contributed by atoms with Gasteiger partial charge in [0.25, 0.3) is 5.91 Å². The summed E-state index contributed by atoms with van der Waals surface area (Å²) in [7, 11) is 0. The lowest BCUT2D eigenvalue weighted by Gasteiger charge is -2.16. The van der Waals surface area contributed by atoms with E-state index in [9.17, 15) is 4.79 Å². The Balaban J connectivity index is 2.04. The van der Waals surface area contributed by atoms with Crippen molar-refractivity contribution in [2.45, 2.75) is 26.7 Å². The highest BCUT2D eigenvalue weighted by Gasteiger charge is 2.20. The molecule has 1 amide bonds. The van der Waals surface area contributed by atoms with E-state index < -0.39 is 0 Å². The van der Waals surface area contributed by atoms with Gasteiger partial charge in [-0.15, -0.1) is 0 Å². The van der Waals surface area contributed by atoms with Crippen LogP contribution in [-0.2, 0) is 0 Å². The molecule has 0 aliphatic rings. The first-order chi connectivity index (χ1) is 12.0. The van der Waals surface area contributed by atoms with Crippen LogP contribution in [0.5, 0.6) is 0 Å². The van der Waals surface area contributed by atoms with Crippen molar-refractivity contribution >= 4 is 17.5 Å². The molecule has 1 heterocycles. The number of aryl methyl sites for hydroxylation is 1. The highest BCUT2D eigenvalue weighted by Crippen LogP contribution is 2.26. The van der Waals surface area contributed by atoms with Crippen LogP contribution in [0.25, 0.3) is 11.4 Å². The van der Waals surface area contributed by atoms with Gasteiger partial charge in [0.15, 0.2) is 5.82 Å². The maximum Gasteiger partial charge on any atom is 0.270 e. The lowest BCUT2D eigenvalue weighted by Crippen LogP contribution is -2.26. The van der Waals surface area contributed by atoms with Crippen molar-refractivity contribution in [3.63, 3.8) is 0 Å². The van der Waals surface area contributed by atoms with Gasteiger partial charge in [-0.1, -0.05) is 55.8 Å². The van der Waals surface area contributed by atoms with Gasteiger partial charge in [-0.2, -0.15) is 0 Å². The van der Waals surface area contributed by atoms with Gasteiger partial charge in [-0.25, -0.2) is 9.66 Å². The Hall–Kier alpha value is -2.59. The Morgan fingerprint density at radius 3 is 2.32 bits per heavy atom. The zero-order valence-corrected chi connectivity index (χ0v) is 15.2. The third kappa shape index (κ3) is 3.59. The van der Waals surface area contributed by atoms with Crippen LogP contribution in [0.2, 0.25) is 5.02 Å². The zero-order valence-electron chi connectivity index (χ0n) is 14.5. The molecule has 5 heteroatoms. The van der Waals surface area contributed by atoms with Gasteiger partial charge in [0.2, 0.25) is 0 Å². The number of amides is 1. The SMILES string of the molecule is Cc1nc(-c2ccccc2)n(NC(=O)c2ccc(Cl)cc2)c1C(C)C. The summed E-state index contributed by atoms with van der Waals surface area (Å²) in [5, 5.41) is 0.600. The molecule has 0 fully saturated rings. The maximum absolute atomic E-state index is 12.7. The summed E-state index contributed by atoms with van der Waals surface area (Å²) in [6.45, 7) is 6.14. The molecule has 0 saturated carbocycles. The van der Waals surface area contributed by atoms with Crippen molar-refractivity contribution < 1.29 is 4.79 Å². The Bertz CT molecular complexity index is 883. The van der Waals surface area contributed by atoms with Gasteiger partial charge in [0, 0.05) is 16.1 Å². The van der Waals surface area contributed by atoms with E-state index in [1.165, 1.54) is 0 Å². The molecule has 1 N–H and O–H groups in total. The third-order valence-corrected chi connectivity index (χ3v) is 4.25. The number of carbonyl (C=O) groups is 1. The molecule has 1 aromatic heterocycles. The van der Waals surface area contributed by atoms with E-state index in [1.54, 1.807) is 28.9 Å². The van der Waals surface area contributed by atoms with Crippen LogP contribution in [0.15, 0.2) is 54.6 Å². The van der Waals surface area contributed by atoms with E-state index in [4.69, 9.17) is 16.6 Å². The number of nitrogens with one attached hydrogen (secondary N) is 1. The minimum absolute atomic E-state index is 0.201. The average Bonchev–Trinajstić information content (AvgIpc) is 2.92. The molecular formula is C20H20ClN3O. The molecule has 25 heavy (non-hydrogen) atoms. The summed E-state index contributed by atoms with van der Waals surface area (Å²) in [6, 6.07) is 16.7. The molecule has 3 rings (SSSR count). The summed E-state index contributed by atoms with van der Waals surface area (Å²) in [5.41, 5.74) is 6.38. The van der Waals surface area contributed by atoms with E-state index >= 15 is 0 Å². The first kappa shape index (κ1) is 17.2. The standard InChI is InChI=1S/C20H20ClN3O/c1-13(2)18-14(3)22-19(15-7-5-4-6-8-15)24(18)23-20(25)16-9-11-17(21)12-10-16/h4-13H,1-3H3,(H,23,25). The largest absolute Gasteiger partial charge is 0.270 e. The summed E-state index contributed by atoms with van der Waals surface area (Å²) in [4.78, 5) is 17.4. The summed E-state index contributed by atoms with van der Waals surface area (Å²) < 4.78 is 1.80. The molecule has 0 radical (unpaired) electrons. The molecular weight excluding hydrogens is 334 g/mol. The molecule has 2 aromatic carbocycles. The summed E-state index contributed by atoms with van der Waals surface area (Å²) in [6.07, 6.45) is 0. The van der Waals surface area contributed by atoms with Gasteiger partial charge in [-0.05, 0) is 37.1 Å². The monoisotopic (exact) mass is 353 g/mol. The first-order valence-corrected chi connectivity index (χ1v) is 8.56. The number of carbonyl (C=O) groups excluding carboxylic acids is 1. The van der Waals surface area contributed by atoms with Gasteiger partial charge < -0.3 is 0 Å². The summed E-state index contributed by atoms with van der Waals surface area (Å²) >= 11 is 5.91. The second kappa shape index (κ2) is 7.11. The van der Waals surface area contributed by atoms with Crippen molar-refractivity contribution in [1.82, 2.24) is 9.66 Å². The molecule has 0 saturated heterocycles. The second-order valence-corrected chi connectivity index (χ2v) is 6.65. The normalized spacial score (nSPS) is 10.9. The van der Waals surface area contributed by atoms with Crippen LogP contribution in [0, 0.1) is 6.92 Å². The van der Waals surface area contributed by atoms with Crippen molar-refractivity contribution in [3.05, 3.63) is 76.6 Å². The number of hydrogen-bond donors (Lipinski definition) is 1. The lowest BCUT2D eigenvalue weighted by molar-refractivity contribution is 0.101. The molecule has 0 unspecified atom stereocenters. The van der Waals surface area contributed by atoms with Crippen molar-refractivity contribution in [2.75, 3.05) is 5.43 Å². The number of hydrogen-bond acceptors (Lipinski definition) is 2. The molecule has 0 bridgehead atoms. The fraction of sp³-hybridized carbons (Fsp3) is 0.200. The van der Waals surface area contributed by atoms with Crippen LogP contribution in [0.3, 0.4) is 0 Å². The van der Waals surface area contributed by atoms with Gasteiger partial charge in [0.05, 0.1) is 11.4 Å². The number of imidazole rings is 1. The minimum atomic E-state index is -0.201. The van der Waals surface area contributed by atoms with Crippen molar-refractivity contribution in [1.29, 1.82) is 0 Å². The lowest BCUT2D eigenvalue weighted by atomic mass is 10.1. The van der Waals surface area contributed by atoms with E-state index in [1.807, 2.05) is 37.3 Å². The second-order valence-electron chi connectivity index (χ2n) is 6.21. The number of rotatable bonds is 4. The van der Waals surface area contributed by atoms with Gasteiger partial charge in [-0.3, -0.25) is 10.2 Å². The predicted octanol–water partition coefficient (Wildman–Crippen LogP) is 5.02. The smallest absolute Gasteiger partial charge is 0.267 e. The topological polar surface area (TPSA) is 46.9 Å². The number of benzene rings is 2. The van der Waals surface area contributed by atoms with Gasteiger partial charge in [0.1, 0.15) is 0 Å². The van der Waals surface area contributed by atoms with Crippen molar-refractivity contribution in [2.24, 2.45) is 0 Å². The Morgan fingerprint density at radius 1 is 1.08 bits per heavy atom. The molecule has 128 valence electrons. The van der Waals surface area contributed by atoms with Crippen LogP contribution >= 0.6 is 11.6 Å². The third-order valence-electron chi connectivity index (χ3n) is 4.00. The average molecular weight is 354 g/mol. The number of nitrogens with zero attached hydrogens (tertiary/aromatic N) is 2. The van der Waals surface area contributed by atoms with Crippen LogP contribution in [-0.4, -0.2) is 15.6 Å². The molecule has 0 atom stereocenters. The van der Waals surface area contributed by atoms with Crippen LogP contribution in [0.1, 0.15) is 41.5 Å². The summed E-state index contributed by atoms with van der Waals surface area (Å²) in [5.74, 6) is 0.743. The van der Waals surface area contributed by atoms with Gasteiger partial charge >= 0.3 is 0 Å². The highest BCUT2D eigenvalue weighted by atomic mass is 35.5. The zero-order chi connectivity index (χ0) is 18.0. The number of aromatic nitrogens is 2. The van der Waals surface area contributed by atoms with E-state index in [-0.39, 0.29) is 11.8 Å². The Kier molecular flexibility index (Phi) is 4.91. The minimum Gasteiger partial charge on any atom is -0.267 e. The molecule has 3 aromatic rings. The fourth-order valence-electron chi connectivity index (χ4n) is 2.88. The maximum atomic E-state index is 12.7. The van der Waals surface area contributed by atoms with Crippen molar-refractivity contribution in [3.8, 4) is 11.4 Å². The van der Waals surface area contributed by atoms with Crippen LogP contribution < -0.4 is 5.43 Å².